The first-order valence-corrected chi connectivity index (χ1v) is 12.0. The molecule has 5 rings (SSSR count). The lowest BCUT2D eigenvalue weighted by Crippen LogP contribution is -2.11. The van der Waals surface area contributed by atoms with Crippen molar-refractivity contribution in [3.63, 3.8) is 0 Å². The first kappa shape index (κ1) is 25.4. The van der Waals surface area contributed by atoms with E-state index in [1.165, 1.54) is 36.7 Å². The van der Waals surface area contributed by atoms with Crippen molar-refractivity contribution >= 4 is 15.7 Å². The largest absolute Gasteiger partial charge is 0.420 e. The van der Waals surface area contributed by atoms with Gasteiger partial charge in [-0.15, -0.1) is 0 Å². The molecular formula is C23H13F6N5O3S. The van der Waals surface area contributed by atoms with E-state index in [4.69, 9.17) is 9.66 Å². The van der Waals surface area contributed by atoms with Crippen LogP contribution in [0.2, 0.25) is 0 Å². The fraction of sp³-hybridized carbons (Fsp3) is 0.0870. The van der Waals surface area contributed by atoms with Crippen LogP contribution in [0, 0.1) is 0 Å². The van der Waals surface area contributed by atoms with Crippen molar-refractivity contribution in [1.82, 2.24) is 19.5 Å². The number of alkyl halides is 6. The van der Waals surface area contributed by atoms with Crippen LogP contribution in [-0.4, -0.2) is 27.9 Å². The summed E-state index contributed by atoms with van der Waals surface area (Å²) in [5, 5.41) is 8.86. The van der Waals surface area contributed by atoms with Crippen LogP contribution in [-0.2, 0) is 22.4 Å². The fourth-order valence-electron chi connectivity index (χ4n) is 3.68. The number of halogens is 6. The van der Waals surface area contributed by atoms with Crippen molar-refractivity contribution in [3.05, 3.63) is 78.1 Å². The molecule has 0 amide bonds. The van der Waals surface area contributed by atoms with Gasteiger partial charge < -0.3 is 8.92 Å². The molecule has 0 aliphatic rings. The van der Waals surface area contributed by atoms with Crippen LogP contribution in [0.5, 0.6) is 0 Å². The Morgan fingerprint density at radius 2 is 1.53 bits per heavy atom. The molecule has 0 aliphatic heterocycles. The second kappa shape index (κ2) is 8.66. The predicted octanol–water partition coefficient (Wildman–Crippen LogP) is 5.40. The van der Waals surface area contributed by atoms with Crippen LogP contribution < -0.4 is 5.14 Å². The van der Waals surface area contributed by atoms with E-state index >= 15 is 0 Å². The number of aromatic nitrogens is 4. The Kier molecular flexibility index (Phi) is 5.79. The Bertz CT molecular complexity index is 1770. The molecule has 0 atom stereocenters. The second-order valence-electron chi connectivity index (χ2n) is 8.07. The van der Waals surface area contributed by atoms with Crippen molar-refractivity contribution in [3.8, 4) is 34.1 Å². The van der Waals surface area contributed by atoms with Gasteiger partial charge in [-0.1, -0.05) is 29.4 Å². The lowest BCUT2D eigenvalue weighted by atomic mass is 10.0. The highest BCUT2D eigenvalue weighted by atomic mass is 32.2. The molecule has 8 nitrogen and oxygen atoms in total. The quantitative estimate of drug-likeness (QED) is 0.298. The smallest absolute Gasteiger partial charge is 0.332 e. The summed E-state index contributed by atoms with van der Waals surface area (Å²) in [7, 11) is -4.02. The van der Waals surface area contributed by atoms with Gasteiger partial charge in [0.1, 0.15) is 11.3 Å². The summed E-state index contributed by atoms with van der Waals surface area (Å²) in [6, 6.07) is 9.81. The first-order chi connectivity index (χ1) is 17.7. The van der Waals surface area contributed by atoms with Crippen molar-refractivity contribution in [1.29, 1.82) is 0 Å². The molecule has 3 heterocycles. The summed E-state index contributed by atoms with van der Waals surface area (Å²) >= 11 is 0. The first-order valence-electron chi connectivity index (χ1n) is 10.4. The van der Waals surface area contributed by atoms with Crippen LogP contribution >= 0.6 is 0 Å². The van der Waals surface area contributed by atoms with Gasteiger partial charge in [0, 0.05) is 18.0 Å². The number of primary sulfonamides is 1. The van der Waals surface area contributed by atoms with E-state index in [1.807, 2.05) is 0 Å². The summed E-state index contributed by atoms with van der Waals surface area (Å²) < 4.78 is 110. The number of pyridine rings is 1. The molecule has 0 aliphatic carbocycles. The van der Waals surface area contributed by atoms with Crippen molar-refractivity contribution in [2.75, 3.05) is 0 Å². The monoisotopic (exact) mass is 553 g/mol. The lowest BCUT2D eigenvalue weighted by molar-refractivity contribution is -0.138. The Hall–Kier alpha value is -4.24. The zero-order chi connectivity index (χ0) is 27.5. The third kappa shape index (κ3) is 4.84. The summed E-state index contributed by atoms with van der Waals surface area (Å²) in [4.78, 5) is 7.87. The molecule has 38 heavy (non-hydrogen) atoms. The van der Waals surface area contributed by atoms with E-state index in [2.05, 4.69) is 15.1 Å². The number of nitrogens with zero attached hydrogens (tertiary/aromatic N) is 4. The van der Waals surface area contributed by atoms with Crippen LogP contribution in [0.15, 0.2) is 76.4 Å². The van der Waals surface area contributed by atoms with E-state index in [1.54, 1.807) is 0 Å². The van der Waals surface area contributed by atoms with E-state index in [0.717, 1.165) is 34.7 Å². The number of benzene rings is 2. The Balaban J connectivity index is 1.58. The average molecular weight is 553 g/mol. The molecule has 0 bridgehead atoms. The summed E-state index contributed by atoms with van der Waals surface area (Å²) in [5.74, 6) is -0.321. The molecule has 2 aromatic carbocycles. The van der Waals surface area contributed by atoms with Gasteiger partial charge in [0.15, 0.2) is 0 Å². The highest BCUT2D eigenvalue weighted by Crippen LogP contribution is 2.37. The van der Waals surface area contributed by atoms with Gasteiger partial charge in [0.2, 0.25) is 15.8 Å². The summed E-state index contributed by atoms with van der Waals surface area (Å²) in [6.07, 6.45) is -6.98. The summed E-state index contributed by atoms with van der Waals surface area (Å²) in [5.41, 5.74) is -2.37. The van der Waals surface area contributed by atoms with Crippen LogP contribution in [0.25, 0.3) is 39.7 Å². The van der Waals surface area contributed by atoms with Crippen molar-refractivity contribution < 1.29 is 39.3 Å². The third-order valence-electron chi connectivity index (χ3n) is 5.47. The standard InChI is InChI=1S/C23H13F6N5O3S/c24-22(25,26)15-6-4-12(5-7-15)14-9-17(23(27,28)29)20-31-18(11-34(20)10-14)21-32-19(33-37-21)13-2-1-3-16(8-13)38(30,35)36/h1-11H,(H2,30,35,36). The highest BCUT2D eigenvalue weighted by Gasteiger charge is 2.35. The number of rotatable bonds is 4. The molecule has 0 fully saturated rings. The predicted molar refractivity (Wildman–Crippen MR) is 121 cm³/mol. The van der Waals surface area contributed by atoms with E-state index in [-0.39, 0.29) is 39.0 Å². The minimum absolute atomic E-state index is 0.00599. The van der Waals surface area contributed by atoms with Gasteiger partial charge in [-0.2, -0.15) is 31.3 Å². The molecule has 0 unspecified atom stereocenters. The van der Waals surface area contributed by atoms with E-state index < -0.39 is 39.1 Å². The topological polar surface area (TPSA) is 116 Å². The number of imidazole rings is 1. The average Bonchev–Trinajstić information content (AvgIpc) is 3.49. The van der Waals surface area contributed by atoms with Crippen LogP contribution in [0.4, 0.5) is 26.3 Å². The normalized spacial score (nSPS) is 12.8. The Labute approximate surface area is 209 Å². The minimum atomic E-state index is -4.85. The van der Waals surface area contributed by atoms with Gasteiger partial charge >= 0.3 is 12.4 Å². The van der Waals surface area contributed by atoms with Crippen molar-refractivity contribution in [2.45, 2.75) is 17.2 Å². The van der Waals surface area contributed by atoms with Crippen LogP contribution in [0.3, 0.4) is 0 Å². The number of nitrogens with two attached hydrogens (primary N) is 1. The molecule has 196 valence electrons. The van der Waals surface area contributed by atoms with Crippen molar-refractivity contribution in [2.24, 2.45) is 5.14 Å². The maximum Gasteiger partial charge on any atom is 0.420 e. The highest BCUT2D eigenvalue weighted by molar-refractivity contribution is 7.89. The molecule has 5 aromatic rings. The molecule has 0 radical (unpaired) electrons. The van der Waals surface area contributed by atoms with Crippen LogP contribution in [0.1, 0.15) is 11.1 Å². The van der Waals surface area contributed by atoms with Gasteiger partial charge in [0.05, 0.1) is 16.0 Å². The SMILES string of the molecule is NS(=O)(=O)c1cccc(-c2noc(-c3cn4cc(-c5ccc(C(F)(F)F)cc5)cc(C(F)(F)F)c4n3)n2)c1. The second-order valence-corrected chi connectivity index (χ2v) is 9.63. The number of fused-ring (bicyclic) bond motifs is 1. The molecule has 0 saturated carbocycles. The van der Waals surface area contributed by atoms with E-state index in [0.29, 0.717) is 0 Å². The number of hydrogen-bond donors (Lipinski definition) is 1. The van der Waals surface area contributed by atoms with Gasteiger partial charge in [0.25, 0.3) is 5.89 Å². The number of hydrogen-bond acceptors (Lipinski definition) is 6. The van der Waals surface area contributed by atoms with E-state index in [9.17, 15) is 34.8 Å². The molecule has 0 saturated heterocycles. The Morgan fingerprint density at radius 1 is 0.816 bits per heavy atom. The zero-order valence-electron chi connectivity index (χ0n) is 18.6. The Morgan fingerprint density at radius 3 is 2.16 bits per heavy atom. The lowest BCUT2D eigenvalue weighted by Gasteiger charge is -2.12. The van der Waals surface area contributed by atoms with Gasteiger partial charge in [-0.25, -0.2) is 18.5 Å². The van der Waals surface area contributed by atoms with Gasteiger partial charge in [-0.3, -0.25) is 0 Å². The molecule has 3 aromatic heterocycles. The maximum atomic E-state index is 13.9. The third-order valence-corrected chi connectivity index (χ3v) is 6.38. The fourth-order valence-corrected chi connectivity index (χ4v) is 4.24. The number of sulfonamides is 1. The zero-order valence-corrected chi connectivity index (χ0v) is 19.4. The maximum absolute atomic E-state index is 13.9. The molecular weight excluding hydrogens is 540 g/mol. The minimum Gasteiger partial charge on any atom is -0.332 e. The molecule has 0 spiro atoms. The molecule has 2 N–H and O–H groups in total. The molecule has 15 heteroatoms. The van der Waals surface area contributed by atoms with Gasteiger partial charge in [-0.05, 0) is 41.5 Å². The summed E-state index contributed by atoms with van der Waals surface area (Å²) in [6.45, 7) is 0.